The van der Waals surface area contributed by atoms with Crippen LogP contribution in [0.1, 0.15) is 25.7 Å². The molecular formula is C18H25N5O3S2. The average molecular weight is 424 g/mol. The number of likely N-dealkylation sites (N-methyl/N-ethyl adjacent to an activating group) is 1. The van der Waals surface area contributed by atoms with Gasteiger partial charge in [-0.25, -0.2) is 8.42 Å². The molecule has 0 bridgehead atoms. The third kappa shape index (κ3) is 3.78. The first-order chi connectivity index (χ1) is 13.5. The molecule has 1 saturated carbocycles. The third-order valence-electron chi connectivity index (χ3n) is 5.80. The first-order valence-electron chi connectivity index (χ1n) is 9.66. The summed E-state index contributed by atoms with van der Waals surface area (Å²) in [5.74, 6) is -0.152. The highest BCUT2D eigenvalue weighted by Gasteiger charge is 2.31. The van der Waals surface area contributed by atoms with Gasteiger partial charge in [-0.15, -0.1) is 0 Å². The molecule has 0 spiro atoms. The Bertz CT molecular complexity index is 947. The van der Waals surface area contributed by atoms with Gasteiger partial charge >= 0.3 is 0 Å². The van der Waals surface area contributed by atoms with Crippen LogP contribution in [0.3, 0.4) is 0 Å². The number of rotatable bonds is 5. The summed E-state index contributed by atoms with van der Waals surface area (Å²) in [6.45, 7) is 2.90. The van der Waals surface area contributed by atoms with E-state index in [1.165, 1.54) is 38.8 Å². The normalized spacial score (nSPS) is 19.7. The van der Waals surface area contributed by atoms with E-state index >= 15 is 0 Å². The van der Waals surface area contributed by atoms with Crippen LogP contribution in [0.25, 0.3) is 11.0 Å². The lowest BCUT2D eigenvalue weighted by Crippen LogP contribution is -2.53. The largest absolute Gasteiger partial charge is 0.339 e. The molecule has 1 aliphatic heterocycles. The molecule has 10 heteroatoms. The number of nitrogens with zero attached hydrogens (tertiary/aromatic N) is 5. The van der Waals surface area contributed by atoms with Gasteiger partial charge in [0, 0.05) is 39.3 Å². The summed E-state index contributed by atoms with van der Waals surface area (Å²) in [6, 6.07) is 5.55. The van der Waals surface area contributed by atoms with Crippen LogP contribution in [0.15, 0.2) is 23.1 Å². The van der Waals surface area contributed by atoms with Crippen molar-refractivity contribution in [1.29, 1.82) is 0 Å². The summed E-state index contributed by atoms with van der Waals surface area (Å²) in [5, 5.41) is 0. The van der Waals surface area contributed by atoms with Crippen LogP contribution in [-0.4, -0.2) is 83.0 Å². The minimum absolute atomic E-state index is 0.0973. The molecule has 1 aromatic heterocycles. The monoisotopic (exact) mass is 423 g/mol. The van der Waals surface area contributed by atoms with Gasteiger partial charge in [0.05, 0.1) is 18.3 Å². The summed E-state index contributed by atoms with van der Waals surface area (Å²) in [7, 11) is -2.37. The van der Waals surface area contributed by atoms with E-state index in [-0.39, 0.29) is 17.3 Å². The molecule has 2 aromatic rings. The zero-order chi connectivity index (χ0) is 19.7. The molecule has 1 amide bonds. The van der Waals surface area contributed by atoms with Gasteiger partial charge in [0.15, 0.2) is 0 Å². The Hall–Kier alpha value is -1.62. The molecule has 4 rings (SSSR count). The molecule has 2 heterocycles. The number of piperazine rings is 1. The van der Waals surface area contributed by atoms with Crippen molar-refractivity contribution in [3.05, 3.63) is 18.2 Å². The lowest BCUT2D eigenvalue weighted by atomic mass is 10.2. The second-order valence-corrected chi connectivity index (χ2v) is 10.0. The lowest BCUT2D eigenvalue weighted by molar-refractivity contribution is -0.133. The van der Waals surface area contributed by atoms with Gasteiger partial charge in [0.1, 0.15) is 15.9 Å². The molecule has 1 aromatic carbocycles. The van der Waals surface area contributed by atoms with Crippen molar-refractivity contribution in [3.63, 3.8) is 0 Å². The Morgan fingerprint density at radius 3 is 2.61 bits per heavy atom. The van der Waals surface area contributed by atoms with Crippen molar-refractivity contribution in [1.82, 2.24) is 22.9 Å². The van der Waals surface area contributed by atoms with Crippen molar-refractivity contribution in [3.8, 4) is 0 Å². The van der Waals surface area contributed by atoms with Crippen LogP contribution < -0.4 is 0 Å². The number of sulfonamides is 1. The van der Waals surface area contributed by atoms with Crippen molar-refractivity contribution >= 4 is 38.7 Å². The quantitative estimate of drug-likeness (QED) is 0.723. The van der Waals surface area contributed by atoms with Crippen LogP contribution in [0.2, 0.25) is 0 Å². The van der Waals surface area contributed by atoms with E-state index in [0.29, 0.717) is 30.2 Å². The van der Waals surface area contributed by atoms with E-state index in [1.807, 2.05) is 0 Å². The molecule has 0 N–H and O–H groups in total. The molecule has 2 aliphatic rings. The van der Waals surface area contributed by atoms with E-state index in [0.717, 1.165) is 29.1 Å². The molecule has 0 atom stereocenters. The molecule has 152 valence electrons. The van der Waals surface area contributed by atoms with Crippen LogP contribution in [0, 0.1) is 0 Å². The minimum Gasteiger partial charge on any atom is -0.339 e. The average Bonchev–Trinajstić information content (AvgIpc) is 3.39. The maximum Gasteiger partial charge on any atom is 0.245 e. The SMILES string of the molecule is CN(CC(=O)N1CCN(C2CCCC2)CC1)S(=O)(=O)c1cccc2nsnc12. The second kappa shape index (κ2) is 8.02. The topological polar surface area (TPSA) is 86.7 Å². The van der Waals surface area contributed by atoms with Crippen LogP contribution in [0.4, 0.5) is 0 Å². The van der Waals surface area contributed by atoms with Crippen LogP contribution in [0.5, 0.6) is 0 Å². The number of hydrogen-bond acceptors (Lipinski definition) is 7. The van der Waals surface area contributed by atoms with Gasteiger partial charge in [-0.1, -0.05) is 18.9 Å². The number of carbonyl (C=O) groups excluding carboxylic acids is 1. The highest BCUT2D eigenvalue weighted by molar-refractivity contribution is 7.89. The molecule has 1 aliphatic carbocycles. The van der Waals surface area contributed by atoms with Crippen molar-refractivity contribution in [2.24, 2.45) is 0 Å². The standard InChI is InChI=1S/C18H25N5O3S2/c1-21(28(25,26)16-8-4-7-15-18(16)20-27-19-15)13-17(24)23-11-9-22(10-12-23)14-5-2-3-6-14/h4,7-8,14H,2-3,5-6,9-13H2,1H3. The predicted octanol–water partition coefficient (Wildman–Crippen LogP) is 1.40. The van der Waals surface area contributed by atoms with Gasteiger partial charge in [0.2, 0.25) is 15.9 Å². The molecule has 8 nitrogen and oxygen atoms in total. The number of amides is 1. The van der Waals surface area contributed by atoms with Gasteiger partial charge in [0.25, 0.3) is 0 Å². The summed E-state index contributed by atoms with van der Waals surface area (Å²) >= 11 is 0.979. The maximum absolute atomic E-state index is 13.0. The first kappa shape index (κ1) is 19.7. The van der Waals surface area contributed by atoms with E-state index in [1.54, 1.807) is 17.0 Å². The molecule has 2 fully saturated rings. The highest BCUT2D eigenvalue weighted by atomic mass is 32.2. The van der Waals surface area contributed by atoms with Gasteiger partial charge in [-0.2, -0.15) is 13.1 Å². The van der Waals surface area contributed by atoms with Crippen LogP contribution >= 0.6 is 11.7 Å². The van der Waals surface area contributed by atoms with Crippen LogP contribution in [-0.2, 0) is 14.8 Å². The van der Waals surface area contributed by atoms with E-state index < -0.39 is 10.0 Å². The number of benzene rings is 1. The van der Waals surface area contributed by atoms with E-state index in [4.69, 9.17) is 0 Å². The smallest absolute Gasteiger partial charge is 0.245 e. The van der Waals surface area contributed by atoms with Crippen molar-refractivity contribution in [2.75, 3.05) is 39.8 Å². The molecule has 0 unspecified atom stereocenters. The summed E-state index contributed by atoms with van der Waals surface area (Å²) in [6.07, 6.45) is 5.11. The third-order valence-corrected chi connectivity index (χ3v) is 8.18. The number of carbonyl (C=O) groups is 1. The molecule has 0 radical (unpaired) electrons. The lowest BCUT2D eigenvalue weighted by Gasteiger charge is -2.38. The summed E-state index contributed by atoms with van der Waals surface area (Å²) in [4.78, 5) is 17.1. The Morgan fingerprint density at radius 2 is 1.89 bits per heavy atom. The van der Waals surface area contributed by atoms with Gasteiger partial charge in [-0.3, -0.25) is 9.69 Å². The Balaban J connectivity index is 1.39. The second-order valence-electron chi connectivity index (χ2n) is 7.50. The number of aromatic nitrogens is 2. The Labute approximate surface area is 169 Å². The zero-order valence-corrected chi connectivity index (χ0v) is 17.6. The maximum atomic E-state index is 13.0. The first-order valence-corrected chi connectivity index (χ1v) is 11.8. The molecule has 28 heavy (non-hydrogen) atoms. The summed E-state index contributed by atoms with van der Waals surface area (Å²) < 4.78 is 35.3. The minimum atomic E-state index is -3.81. The van der Waals surface area contributed by atoms with E-state index in [2.05, 4.69) is 13.6 Å². The number of hydrogen-bond donors (Lipinski definition) is 0. The fourth-order valence-electron chi connectivity index (χ4n) is 4.14. The Morgan fingerprint density at radius 1 is 1.18 bits per heavy atom. The molecule has 1 saturated heterocycles. The molecular weight excluding hydrogens is 398 g/mol. The number of fused-ring (bicyclic) bond motifs is 1. The van der Waals surface area contributed by atoms with E-state index in [9.17, 15) is 13.2 Å². The van der Waals surface area contributed by atoms with Gasteiger partial charge < -0.3 is 4.90 Å². The highest BCUT2D eigenvalue weighted by Crippen LogP contribution is 2.25. The summed E-state index contributed by atoms with van der Waals surface area (Å²) in [5.41, 5.74) is 0.908. The van der Waals surface area contributed by atoms with Crippen molar-refractivity contribution < 1.29 is 13.2 Å². The fourth-order valence-corrected chi connectivity index (χ4v) is 6.01. The zero-order valence-electron chi connectivity index (χ0n) is 16.0. The van der Waals surface area contributed by atoms with Crippen molar-refractivity contribution in [2.45, 2.75) is 36.6 Å². The fraction of sp³-hybridized carbons (Fsp3) is 0.611. The predicted molar refractivity (Wildman–Crippen MR) is 108 cm³/mol. The van der Waals surface area contributed by atoms with Gasteiger partial charge in [-0.05, 0) is 25.0 Å². The Kier molecular flexibility index (Phi) is 5.64.